The summed E-state index contributed by atoms with van der Waals surface area (Å²) < 4.78 is 0. The number of aliphatic carboxylic acids is 1. The molecule has 1 heterocycles. The highest BCUT2D eigenvalue weighted by molar-refractivity contribution is 6.09. The molecule has 0 aromatic heterocycles. The van der Waals surface area contributed by atoms with Gasteiger partial charge in [-0.2, -0.15) is 0 Å². The highest BCUT2D eigenvalue weighted by Gasteiger charge is 2.54. The van der Waals surface area contributed by atoms with Crippen LogP contribution < -0.4 is 5.32 Å². The summed E-state index contributed by atoms with van der Waals surface area (Å²) in [5, 5.41) is 22.1. The van der Waals surface area contributed by atoms with Gasteiger partial charge in [0, 0.05) is 12.1 Å². The lowest BCUT2D eigenvalue weighted by Gasteiger charge is -2.50. The zero-order chi connectivity index (χ0) is 22.0. The van der Waals surface area contributed by atoms with Crippen LogP contribution in [0.2, 0.25) is 0 Å². The number of imide groups is 1. The molecule has 3 fully saturated rings. The molecular formula is C21H33N3O6. The van der Waals surface area contributed by atoms with Crippen molar-refractivity contribution in [1.82, 2.24) is 15.1 Å². The quantitative estimate of drug-likeness (QED) is 0.576. The highest BCUT2D eigenvalue weighted by Crippen LogP contribution is 2.38. The maximum Gasteiger partial charge on any atom is 0.329 e. The van der Waals surface area contributed by atoms with E-state index in [2.05, 4.69) is 12.2 Å². The van der Waals surface area contributed by atoms with Crippen LogP contribution in [0.25, 0.3) is 0 Å². The summed E-state index contributed by atoms with van der Waals surface area (Å²) in [5.41, 5.74) is 0. The maximum absolute atomic E-state index is 13.5. The van der Waals surface area contributed by atoms with E-state index in [9.17, 15) is 24.3 Å². The lowest BCUT2D eigenvalue weighted by Crippen LogP contribution is -2.70. The lowest BCUT2D eigenvalue weighted by molar-refractivity contribution is -0.164. The number of carboxylic acid groups (broad SMARTS) is 1. The Kier molecular flexibility index (Phi) is 7.00. The molecule has 4 amide bonds. The molecule has 3 N–H and O–H groups in total. The van der Waals surface area contributed by atoms with E-state index >= 15 is 0 Å². The molecular weight excluding hydrogens is 390 g/mol. The van der Waals surface area contributed by atoms with Crippen LogP contribution >= 0.6 is 0 Å². The van der Waals surface area contributed by atoms with Crippen molar-refractivity contribution in [1.29, 1.82) is 0 Å². The lowest BCUT2D eigenvalue weighted by atomic mass is 9.76. The standard InChI is InChI=1S/C21H33N3O6/c1-12-7-6-10-15(13(12)2)24-20(29)17(18(27)22-11-16(25)26)19(28)23(21(24)30)14-8-4-3-5-9-14/h12-15,17,20,29H,3-11H2,1-2H3,(H,22,27)(H,25,26). The molecule has 0 aromatic carbocycles. The van der Waals surface area contributed by atoms with Gasteiger partial charge >= 0.3 is 12.0 Å². The van der Waals surface area contributed by atoms with Crippen LogP contribution in [0.1, 0.15) is 65.2 Å². The monoisotopic (exact) mass is 423 g/mol. The third-order valence-electron chi connectivity index (χ3n) is 7.17. The minimum atomic E-state index is -1.60. The van der Waals surface area contributed by atoms with E-state index in [0.717, 1.165) is 32.1 Å². The molecule has 3 aliphatic rings. The van der Waals surface area contributed by atoms with E-state index in [1.165, 1.54) is 9.80 Å². The van der Waals surface area contributed by atoms with Gasteiger partial charge in [0.2, 0.25) is 11.8 Å². The third kappa shape index (κ3) is 4.31. The van der Waals surface area contributed by atoms with E-state index in [4.69, 9.17) is 5.11 Å². The smallest absolute Gasteiger partial charge is 0.329 e. The molecule has 3 rings (SSSR count). The minimum Gasteiger partial charge on any atom is -0.480 e. The second-order valence-corrected chi connectivity index (χ2v) is 9.03. The molecule has 0 radical (unpaired) electrons. The molecule has 2 aliphatic carbocycles. The van der Waals surface area contributed by atoms with Crippen molar-refractivity contribution < 1.29 is 29.4 Å². The second kappa shape index (κ2) is 9.32. The van der Waals surface area contributed by atoms with Crippen molar-refractivity contribution in [2.24, 2.45) is 17.8 Å². The van der Waals surface area contributed by atoms with Crippen LogP contribution in [0.4, 0.5) is 4.79 Å². The Hall–Kier alpha value is -2.16. The van der Waals surface area contributed by atoms with Crippen LogP contribution in [0.5, 0.6) is 0 Å². The van der Waals surface area contributed by atoms with Crippen LogP contribution in [-0.2, 0) is 14.4 Å². The summed E-state index contributed by atoms with van der Waals surface area (Å²) in [7, 11) is 0. The first kappa shape index (κ1) is 22.5. The molecule has 30 heavy (non-hydrogen) atoms. The second-order valence-electron chi connectivity index (χ2n) is 9.03. The minimum absolute atomic E-state index is 0.112. The fourth-order valence-corrected chi connectivity index (χ4v) is 5.25. The Morgan fingerprint density at radius 3 is 2.33 bits per heavy atom. The Balaban J connectivity index is 1.93. The van der Waals surface area contributed by atoms with Crippen molar-refractivity contribution in [2.45, 2.75) is 83.5 Å². The number of rotatable bonds is 5. The third-order valence-corrected chi connectivity index (χ3v) is 7.17. The van der Waals surface area contributed by atoms with Gasteiger partial charge in [-0.25, -0.2) is 4.79 Å². The fraction of sp³-hybridized carbons (Fsp3) is 0.810. The van der Waals surface area contributed by atoms with Gasteiger partial charge in [0.25, 0.3) is 0 Å². The van der Waals surface area contributed by atoms with E-state index in [1.54, 1.807) is 0 Å². The van der Waals surface area contributed by atoms with Crippen molar-refractivity contribution in [3.05, 3.63) is 0 Å². The topological polar surface area (TPSA) is 127 Å². The molecule has 9 heteroatoms. The van der Waals surface area contributed by atoms with E-state index in [-0.39, 0.29) is 18.0 Å². The number of urea groups is 1. The van der Waals surface area contributed by atoms with E-state index in [1.807, 2.05) is 6.92 Å². The number of carbonyl (C=O) groups is 4. The van der Waals surface area contributed by atoms with Gasteiger partial charge in [-0.15, -0.1) is 0 Å². The SMILES string of the molecule is CC1CCCC(N2C(=O)N(C3CCCCC3)C(=O)C(C(=O)NCC(=O)O)C2O)C1C. The predicted molar refractivity (Wildman–Crippen MR) is 107 cm³/mol. The van der Waals surface area contributed by atoms with Gasteiger partial charge in [-0.3, -0.25) is 24.2 Å². The molecule has 1 saturated heterocycles. The maximum atomic E-state index is 13.5. The Morgan fingerprint density at radius 1 is 1.03 bits per heavy atom. The van der Waals surface area contributed by atoms with E-state index < -0.39 is 42.5 Å². The summed E-state index contributed by atoms with van der Waals surface area (Å²) in [4.78, 5) is 52.8. The van der Waals surface area contributed by atoms with Crippen LogP contribution in [0, 0.1) is 17.8 Å². The largest absolute Gasteiger partial charge is 0.480 e. The summed E-state index contributed by atoms with van der Waals surface area (Å²) in [6.45, 7) is 3.50. The molecule has 0 bridgehead atoms. The number of aliphatic hydroxyl groups excluding tert-OH is 1. The van der Waals surface area contributed by atoms with Crippen molar-refractivity contribution >= 4 is 23.8 Å². The molecule has 9 nitrogen and oxygen atoms in total. The van der Waals surface area contributed by atoms with Crippen molar-refractivity contribution in [2.75, 3.05) is 6.54 Å². The van der Waals surface area contributed by atoms with Crippen molar-refractivity contribution in [3.8, 4) is 0 Å². The van der Waals surface area contributed by atoms with Crippen LogP contribution in [-0.4, -0.2) is 68.7 Å². The first-order chi connectivity index (χ1) is 14.2. The highest BCUT2D eigenvalue weighted by atomic mass is 16.4. The Labute approximate surface area is 176 Å². The molecule has 5 unspecified atom stereocenters. The van der Waals surface area contributed by atoms with Gasteiger partial charge in [-0.1, -0.05) is 46.0 Å². The molecule has 168 valence electrons. The number of nitrogens with one attached hydrogen (secondary N) is 1. The van der Waals surface area contributed by atoms with Gasteiger partial charge in [0.1, 0.15) is 6.54 Å². The number of carboxylic acids is 1. The molecule has 0 spiro atoms. The molecule has 0 aromatic rings. The number of amides is 4. The van der Waals surface area contributed by atoms with Gasteiger partial charge < -0.3 is 15.5 Å². The first-order valence-electron chi connectivity index (χ1n) is 11.1. The summed E-state index contributed by atoms with van der Waals surface area (Å²) in [6, 6.07) is -1.09. The van der Waals surface area contributed by atoms with Crippen LogP contribution in [0.3, 0.4) is 0 Å². The molecule has 2 saturated carbocycles. The number of hydrogen-bond acceptors (Lipinski definition) is 5. The zero-order valence-electron chi connectivity index (χ0n) is 17.7. The average molecular weight is 424 g/mol. The normalized spacial score (nSPS) is 33.5. The number of carbonyl (C=O) groups excluding carboxylic acids is 3. The first-order valence-corrected chi connectivity index (χ1v) is 11.1. The summed E-state index contributed by atoms with van der Waals surface area (Å²) in [5.74, 6) is -3.88. The van der Waals surface area contributed by atoms with Gasteiger partial charge in [0.15, 0.2) is 12.1 Å². The Bertz CT molecular complexity index is 692. The Morgan fingerprint density at radius 2 is 1.70 bits per heavy atom. The van der Waals surface area contributed by atoms with Gasteiger partial charge in [0.05, 0.1) is 0 Å². The average Bonchev–Trinajstić information content (AvgIpc) is 2.70. The fourth-order valence-electron chi connectivity index (χ4n) is 5.25. The molecule has 5 atom stereocenters. The number of nitrogens with zero attached hydrogens (tertiary/aromatic N) is 2. The molecule has 1 aliphatic heterocycles. The predicted octanol–water partition coefficient (Wildman–Crippen LogP) is 1.54. The number of hydrogen-bond donors (Lipinski definition) is 3. The zero-order valence-corrected chi connectivity index (χ0v) is 17.7. The van der Waals surface area contributed by atoms with E-state index in [0.29, 0.717) is 25.2 Å². The van der Waals surface area contributed by atoms with Gasteiger partial charge in [-0.05, 0) is 31.1 Å². The number of aliphatic hydroxyl groups is 1. The van der Waals surface area contributed by atoms with Crippen molar-refractivity contribution in [3.63, 3.8) is 0 Å². The summed E-state index contributed by atoms with van der Waals surface area (Å²) in [6.07, 6.45) is 5.24. The summed E-state index contributed by atoms with van der Waals surface area (Å²) >= 11 is 0. The van der Waals surface area contributed by atoms with Crippen LogP contribution in [0.15, 0.2) is 0 Å².